The third-order valence-corrected chi connectivity index (χ3v) is 9.34. The average molecular weight is 702 g/mol. The van der Waals surface area contributed by atoms with Gasteiger partial charge in [-0.05, 0) is 12.8 Å². The first-order valence-corrected chi connectivity index (χ1v) is 21.6. The van der Waals surface area contributed by atoms with Gasteiger partial charge in [-0.15, -0.1) is 0 Å². The zero-order valence-corrected chi connectivity index (χ0v) is 33.1. The molecule has 0 aliphatic carbocycles. The molecule has 7 nitrogen and oxygen atoms in total. The number of carboxylic acids is 1. The van der Waals surface area contributed by atoms with Gasteiger partial charge in [-0.25, -0.2) is 0 Å². The lowest BCUT2D eigenvalue weighted by Gasteiger charge is -2.20. The quantitative estimate of drug-likeness (QED) is 0.0431. The van der Waals surface area contributed by atoms with Crippen LogP contribution in [0.3, 0.4) is 0 Å². The number of aliphatic carboxylic acids is 1. The number of carboxylic acid groups (broad SMARTS) is 1. The smallest absolute Gasteiger partial charge is 0.303 e. The topological polar surface area (TPSA) is 99.5 Å². The molecule has 0 fully saturated rings. The minimum atomic E-state index is -0.653. The minimum absolute atomic E-state index is 0.0297. The van der Waals surface area contributed by atoms with Gasteiger partial charge in [0.2, 0.25) is 0 Å². The van der Waals surface area contributed by atoms with Gasteiger partial charge in [-0.3, -0.25) is 14.5 Å². The van der Waals surface area contributed by atoms with Crippen molar-refractivity contribution in [2.75, 3.05) is 33.0 Å². The number of aliphatic hydroxyl groups excluding tert-OH is 2. The number of unbranched alkanes of at least 4 members (excludes halogenated alkanes) is 31. The zero-order valence-electron chi connectivity index (χ0n) is 33.1. The number of aliphatic hydroxyl groups is 2. The van der Waals surface area contributed by atoms with Gasteiger partial charge >= 0.3 is 5.97 Å². The summed E-state index contributed by atoms with van der Waals surface area (Å²) in [6.07, 6.45) is 44.8. The van der Waals surface area contributed by atoms with E-state index in [9.17, 15) is 4.79 Å². The third-order valence-electron chi connectivity index (χ3n) is 9.34. The standard InChI is InChI=1S/C24H51NO4.C18H36O2/c1-2-3-4-5-6-7-8-9-10-11-12-13-14-15-16-17-18-19-20-25(28-23-21-26)29-24-22-27;1-2-3-4-5-6-7-8-9-10-11-12-13-14-15-16-17-18(19)20/h26-27H,2-24H2,1H3;2-17H2,1H3,(H,19,20). The lowest BCUT2D eigenvalue weighted by atomic mass is 10.0. The molecule has 7 heteroatoms. The summed E-state index contributed by atoms with van der Waals surface area (Å²) in [4.78, 5) is 20.9. The Morgan fingerprint density at radius 2 is 0.653 bits per heavy atom. The Morgan fingerprint density at radius 1 is 0.408 bits per heavy atom. The fraction of sp³-hybridized carbons (Fsp3) is 0.976. The van der Waals surface area contributed by atoms with Crippen molar-refractivity contribution in [3.63, 3.8) is 0 Å². The molecule has 3 N–H and O–H groups in total. The van der Waals surface area contributed by atoms with E-state index in [-0.39, 0.29) is 26.4 Å². The van der Waals surface area contributed by atoms with Crippen LogP contribution in [0.15, 0.2) is 0 Å². The molecule has 0 radical (unpaired) electrons. The molecule has 0 spiro atoms. The highest BCUT2D eigenvalue weighted by Crippen LogP contribution is 2.15. The van der Waals surface area contributed by atoms with Crippen LogP contribution in [0.5, 0.6) is 0 Å². The van der Waals surface area contributed by atoms with Crippen LogP contribution in [0.2, 0.25) is 0 Å². The van der Waals surface area contributed by atoms with Crippen LogP contribution in [-0.2, 0) is 14.5 Å². The van der Waals surface area contributed by atoms with Crippen molar-refractivity contribution < 1.29 is 29.8 Å². The van der Waals surface area contributed by atoms with Gasteiger partial charge in [0.05, 0.1) is 33.0 Å². The second-order valence-corrected chi connectivity index (χ2v) is 14.3. The highest BCUT2D eigenvalue weighted by Gasteiger charge is 2.05. The van der Waals surface area contributed by atoms with Crippen molar-refractivity contribution >= 4 is 5.97 Å². The molecule has 0 aliphatic rings. The van der Waals surface area contributed by atoms with Crippen LogP contribution in [0.1, 0.15) is 232 Å². The molecule has 0 rings (SSSR count). The summed E-state index contributed by atoms with van der Waals surface area (Å²) in [5, 5.41) is 27.5. The highest BCUT2D eigenvalue weighted by molar-refractivity contribution is 5.66. The van der Waals surface area contributed by atoms with Crippen molar-refractivity contribution in [3.8, 4) is 0 Å². The maximum atomic E-state index is 10.3. The van der Waals surface area contributed by atoms with Crippen molar-refractivity contribution in [2.24, 2.45) is 0 Å². The third kappa shape index (κ3) is 49.4. The lowest BCUT2D eigenvalue weighted by Crippen LogP contribution is -2.28. The monoisotopic (exact) mass is 702 g/mol. The van der Waals surface area contributed by atoms with E-state index >= 15 is 0 Å². The van der Waals surface area contributed by atoms with Crippen LogP contribution < -0.4 is 0 Å². The molecular formula is C42H87NO6. The normalized spacial score (nSPS) is 11.3. The van der Waals surface area contributed by atoms with Crippen molar-refractivity contribution in [2.45, 2.75) is 232 Å². The molecule has 0 aromatic heterocycles. The summed E-state index contributed by atoms with van der Waals surface area (Å²) in [7, 11) is 0. The van der Waals surface area contributed by atoms with Crippen LogP contribution in [0, 0.1) is 0 Å². The van der Waals surface area contributed by atoms with Gasteiger partial charge in [0.25, 0.3) is 0 Å². The molecule has 0 heterocycles. The Morgan fingerprint density at radius 3 is 0.898 bits per heavy atom. The van der Waals surface area contributed by atoms with Gasteiger partial charge in [0.1, 0.15) is 0 Å². The van der Waals surface area contributed by atoms with Gasteiger partial charge in [-0.1, -0.05) is 218 Å². The zero-order chi connectivity index (χ0) is 36.1. The molecule has 296 valence electrons. The Hall–Kier alpha value is -0.730. The molecule has 0 bridgehead atoms. The molecule has 0 saturated heterocycles. The predicted molar refractivity (Wildman–Crippen MR) is 209 cm³/mol. The van der Waals surface area contributed by atoms with Crippen LogP contribution in [0.4, 0.5) is 0 Å². The Balaban J connectivity index is 0. The van der Waals surface area contributed by atoms with Crippen LogP contribution >= 0.6 is 0 Å². The first kappa shape index (κ1) is 50.4. The van der Waals surface area contributed by atoms with Crippen LogP contribution in [0.25, 0.3) is 0 Å². The molecule has 0 aromatic carbocycles. The van der Waals surface area contributed by atoms with Crippen molar-refractivity contribution in [1.82, 2.24) is 5.23 Å². The molecule has 0 aliphatic heterocycles. The van der Waals surface area contributed by atoms with E-state index in [1.165, 1.54) is 198 Å². The van der Waals surface area contributed by atoms with E-state index in [1.54, 1.807) is 0 Å². The first-order chi connectivity index (χ1) is 24.1. The van der Waals surface area contributed by atoms with E-state index < -0.39 is 5.97 Å². The van der Waals surface area contributed by atoms with Gasteiger partial charge in [0.15, 0.2) is 0 Å². The van der Waals surface area contributed by atoms with E-state index in [4.69, 9.17) is 25.0 Å². The lowest BCUT2D eigenvalue weighted by molar-refractivity contribution is -0.371. The second-order valence-electron chi connectivity index (χ2n) is 14.3. The molecule has 0 saturated carbocycles. The molecule has 0 atom stereocenters. The van der Waals surface area contributed by atoms with E-state index in [2.05, 4.69) is 13.8 Å². The number of hydrogen-bond acceptors (Lipinski definition) is 6. The fourth-order valence-corrected chi connectivity index (χ4v) is 6.24. The molecule has 0 aromatic rings. The van der Waals surface area contributed by atoms with Gasteiger partial charge in [-0.2, -0.15) is 0 Å². The number of nitrogens with zero attached hydrogens (tertiary/aromatic N) is 1. The minimum Gasteiger partial charge on any atom is -0.481 e. The van der Waals surface area contributed by atoms with E-state index in [0.717, 1.165) is 19.3 Å². The predicted octanol–water partition coefficient (Wildman–Crippen LogP) is 12.5. The Labute approximate surface area is 305 Å². The summed E-state index contributed by atoms with van der Waals surface area (Å²) in [6, 6.07) is 0. The molecule has 49 heavy (non-hydrogen) atoms. The fourth-order valence-electron chi connectivity index (χ4n) is 6.24. The maximum absolute atomic E-state index is 10.3. The number of carbonyl (C=O) groups is 1. The molecule has 0 unspecified atom stereocenters. The number of hydroxylamine groups is 2. The highest BCUT2D eigenvalue weighted by atomic mass is 16.9. The first-order valence-electron chi connectivity index (χ1n) is 21.6. The maximum Gasteiger partial charge on any atom is 0.303 e. The Bertz CT molecular complexity index is 586. The number of hydrogen-bond donors (Lipinski definition) is 3. The molecular weight excluding hydrogens is 614 g/mol. The van der Waals surface area contributed by atoms with Gasteiger partial charge in [0, 0.05) is 6.42 Å². The summed E-state index contributed by atoms with van der Waals surface area (Å²) in [6.45, 7) is 5.63. The van der Waals surface area contributed by atoms with E-state index in [1.807, 2.05) is 0 Å². The average Bonchev–Trinajstić information content (AvgIpc) is 3.10. The molecule has 0 amide bonds. The van der Waals surface area contributed by atoms with E-state index in [0.29, 0.717) is 13.0 Å². The largest absolute Gasteiger partial charge is 0.481 e. The summed E-state index contributed by atoms with van der Waals surface area (Å²) in [5.41, 5.74) is 0. The summed E-state index contributed by atoms with van der Waals surface area (Å²) in [5.74, 6) is -0.653. The number of rotatable bonds is 41. The van der Waals surface area contributed by atoms with Crippen molar-refractivity contribution in [1.29, 1.82) is 0 Å². The van der Waals surface area contributed by atoms with Crippen molar-refractivity contribution in [3.05, 3.63) is 0 Å². The van der Waals surface area contributed by atoms with Crippen LogP contribution in [-0.4, -0.2) is 59.5 Å². The summed E-state index contributed by atoms with van der Waals surface area (Å²) < 4.78 is 0. The Kier molecular flexibility index (Phi) is 48.6. The SMILES string of the molecule is CCCCCCCCCCCCCCCCCC(=O)O.CCCCCCCCCCCCCCCCCCCCN(OCCO)OCCO. The summed E-state index contributed by atoms with van der Waals surface area (Å²) >= 11 is 0. The second kappa shape index (κ2) is 47.3. The van der Waals surface area contributed by atoms with Gasteiger partial charge < -0.3 is 15.3 Å².